The van der Waals surface area contributed by atoms with Gasteiger partial charge in [0.05, 0.1) is 5.56 Å². The number of unbranched alkanes of at least 4 members (excludes halogenated alkanes) is 1. The molecule has 0 radical (unpaired) electrons. The average molecular weight is 253 g/mol. The molecule has 0 spiro atoms. The second-order valence-electron chi connectivity index (χ2n) is 3.98. The molecule has 0 saturated carbocycles. The molecule has 94 valence electrons. The van der Waals surface area contributed by atoms with Crippen LogP contribution in [0.25, 0.3) is 0 Å². The van der Waals surface area contributed by atoms with E-state index in [1.807, 2.05) is 30.8 Å². The first-order valence-corrected chi connectivity index (χ1v) is 7.11. The van der Waals surface area contributed by atoms with E-state index in [4.69, 9.17) is 5.11 Å². The smallest absolute Gasteiger partial charge is 0.337 e. The van der Waals surface area contributed by atoms with Gasteiger partial charge in [0.25, 0.3) is 0 Å². The fraction of sp³-hybridized carbons (Fsp3) is 0.462. The predicted molar refractivity (Wildman–Crippen MR) is 74.2 cm³/mol. The summed E-state index contributed by atoms with van der Waals surface area (Å²) in [6.07, 6.45) is 4.31. The summed E-state index contributed by atoms with van der Waals surface area (Å²) >= 11 is 1.84. The van der Waals surface area contributed by atoms with Crippen LogP contribution >= 0.6 is 11.8 Å². The number of hydrogen-bond acceptors (Lipinski definition) is 3. The van der Waals surface area contributed by atoms with Crippen LogP contribution < -0.4 is 5.32 Å². The number of carboxylic acid groups (broad SMARTS) is 1. The van der Waals surface area contributed by atoms with Crippen molar-refractivity contribution in [1.29, 1.82) is 0 Å². The molecule has 17 heavy (non-hydrogen) atoms. The van der Waals surface area contributed by atoms with Crippen LogP contribution in [0, 0.1) is 6.92 Å². The van der Waals surface area contributed by atoms with E-state index >= 15 is 0 Å². The Hall–Kier alpha value is -1.16. The largest absolute Gasteiger partial charge is 0.478 e. The van der Waals surface area contributed by atoms with E-state index in [-0.39, 0.29) is 0 Å². The van der Waals surface area contributed by atoms with Crippen molar-refractivity contribution < 1.29 is 9.90 Å². The molecule has 4 heteroatoms. The summed E-state index contributed by atoms with van der Waals surface area (Å²) < 4.78 is 0. The molecule has 1 aromatic carbocycles. The second-order valence-corrected chi connectivity index (χ2v) is 4.97. The minimum Gasteiger partial charge on any atom is -0.478 e. The fourth-order valence-corrected chi connectivity index (χ4v) is 2.08. The van der Waals surface area contributed by atoms with Crippen LogP contribution in [0.2, 0.25) is 0 Å². The van der Waals surface area contributed by atoms with E-state index in [1.54, 1.807) is 6.07 Å². The lowest BCUT2D eigenvalue weighted by Gasteiger charge is -2.10. The molecule has 0 atom stereocenters. The normalized spacial score (nSPS) is 10.2. The summed E-state index contributed by atoms with van der Waals surface area (Å²) in [7, 11) is 0. The zero-order valence-electron chi connectivity index (χ0n) is 10.3. The highest BCUT2D eigenvalue weighted by Gasteiger charge is 2.08. The van der Waals surface area contributed by atoms with Gasteiger partial charge in [0, 0.05) is 12.2 Å². The third kappa shape index (κ3) is 4.69. The van der Waals surface area contributed by atoms with Gasteiger partial charge >= 0.3 is 5.97 Å². The second kappa shape index (κ2) is 7.22. The van der Waals surface area contributed by atoms with Crippen molar-refractivity contribution in [2.75, 3.05) is 23.9 Å². The maximum atomic E-state index is 11.0. The molecule has 0 aromatic heterocycles. The van der Waals surface area contributed by atoms with Crippen molar-refractivity contribution in [3.05, 3.63) is 29.3 Å². The zero-order chi connectivity index (χ0) is 12.7. The maximum Gasteiger partial charge on any atom is 0.337 e. The number of benzene rings is 1. The molecule has 0 aliphatic carbocycles. The van der Waals surface area contributed by atoms with Gasteiger partial charge in [-0.05, 0) is 49.5 Å². The Bertz CT molecular complexity index is 380. The number of nitrogens with one attached hydrogen (secondary N) is 1. The number of aryl methyl sites for hydroxylation is 1. The van der Waals surface area contributed by atoms with Gasteiger partial charge < -0.3 is 10.4 Å². The van der Waals surface area contributed by atoms with Crippen molar-refractivity contribution in [2.45, 2.75) is 19.8 Å². The Kier molecular flexibility index (Phi) is 5.91. The van der Waals surface area contributed by atoms with Gasteiger partial charge in [-0.1, -0.05) is 6.07 Å². The van der Waals surface area contributed by atoms with Crippen LogP contribution in [0.15, 0.2) is 18.2 Å². The lowest BCUT2D eigenvalue weighted by molar-refractivity contribution is 0.0698. The molecule has 3 nitrogen and oxygen atoms in total. The fourth-order valence-electron chi connectivity index (χ4n) is 1.59. The third-order valence-electron chi connectivity index (χ3n) is 2.50. The Labute approximate surface area is 107 Å². The first-order valence-electron chi connectivity index (χ1n) is 5.72. The summed E-state index contributed by atoms with van der Waals surface area (Å²) in [5.74, 6) is 0.276. The molecule has 0 saturated heterocycles. The maximum absolute atomic E-state index is 11.0. The van der Waals surface area contributed by atoms with Crippen LogP contribution in [-0.4, -0.2) is 29.6 Å². The lowest BCUT2D eigenvalue weighted by atomic mass is 10.1. The first kappa shape index (κ1) is 13.9. The predicted octanol–water partition coefficient (Wildman–Crippen LogP) is 3.25. The van der Waals surface area contributed by atoms with Crippen LogP contribution in [0.5, 0.6) is 0 Å². The summed E-state index contributed by atoms with van der Waals surface area (Å²) in [4.78, 5) is 11.0. The van der Waals surface area contributed by atoms with Gasteiger partial charge in [-0.2, -0.15) is 11.8 Å². The highest BCUT2D eigenvalue weighted by atomic mass is 32.2. The van der Waals surface area contributed by atoms with Crippen molar-refractivity contribution in [2.24, 2.45) is 0 Å². The highest BCUT2D eigenvalue weighted by molar-refractivity contribution is 7.98. The molecular formula is C13H19NO2S. The molecule has 1 aromatic rings. The Balaban J connectivity index is 2.56. The van der Waals surface area contributed by atoms with Gasteiger partial charge in [0.1, 0.15) is 0 Å². The number of rotatable bonds is 7. The van der Waals surface area contributed by atoms with E-state index in [0.29, 0.717) is 5.56 Å². The van der Waals surface area contributed by atoms with Crippen LogP contribution in [0.1, 0.15) is 28.8 Å². The number of carboxylic acids is 1. The van der Waals surface area contributed by atoms with E-state index in [1.165, 1.54) is 0 Å². The third-order valence-corrected chi connectivity index (χ3v) is 3.19. The Morgan fingerprint density at radius 1 is 1.41 bits per heavy atom. The summed E-state index contributed by atoms with van der Waals surface area (Å²) in [6.45, 7) is 2.79. The molecule has 0 fully saturated rings. The van der Waals surface area contributed by atoms with Gasteiger partial charge in [-0.3, -0.25) is 0 Å². The zero-order valence-corrected chi connectivity index (χ0v) is 11.1. The molecular weight excluding hydrogens is 234 g/mol. The molecule has 1 rings (SSSR count). The number of hydrogen-bond donors (Lipinski definition) is 2. The van der Waals surface area contributed by atoms with Crippen molar-refractivity contribution >= 4 is 23.4 Å². The van der Waals surface area contributed by atoms with E-state index in [0.717, 1.165) is 36.4 Å². The molecule has 0 bridgehead atoms. The van der Waals surface area contributed by atoms with Crippen LogP contribution in [0.4, 0.5) is 5.69 Å². The van der Waals surface area contributed by atoms with Crippen LogP contribution in [-0.2, 0) is 0 Å². The summed E-state index contributed by atoms with van der Waals surface area (Å²) in [5, 5.41) is 12.3. The molecule has 2 N–H and O–H groups in total. The highest BCUT2D eigenvalue weighted by Crippen LogP contribution is 2.17. The van der Waals surface area contributed by atoms with Crippen LogP contribution in [0.3, 0.4) is 0 Å². The van der Waals surface area contributed by atoms with E-state index in [2.05, 4.69) is 11.6 Å². The standard InChI is InChI=1S/C13H19NO2S/c1-10-5-6-11(13(15)16)12(9-10)14-7-3-4-8-17-2/h5-6,9,14H,3-4,7-8H2,1-2H3,(H,15,16). The van der Waals surface area contributed by atoms with Crippen molar-refractivity contribution in [3.8, 4) is 0 Å². The molecule has 0 heterocycles. The van der Waals surface area contributed by atoms with Crippen molar-refractivity contribution in [3.63, 3.8) is 0 Å². The lowest BCUT2D eigenvalue weighted by Crippen LogP contribution is -2.08. The SMILES string of the molecule is CSCCCCNc1cc(C)ccc1C(=O)O. The van der Waals surface area contributed by atoms with Gasteiger partial charge in [-0.15, -0.1) is 0 Å². The Morgan fingerprint density at radius 3 is 2.82 bits per heavy atom. The van der Waals surface area contributed by atoms with Gasteiger partial charge in [0.2, 0.25) is 0 Å². The monoisotopic (exact) mass is 253 g/mol. The summed E-state index contributed by atoms with van der Waals surface area (Å²) in [6, 6.07) is 5.36. The van der Waals surface area contributed by atoms with Gasteiger partial charge in [-0.25, -0.2) is 4.79 Å². The average Bonchev–Trinajstić information content (AvgIpc) is 2.28. The molecule has 0 unspecified atom stereocenters. The first-order chi connectivity index (χ1) is 8.15. The van der Waals surface area contributed by atoms with E-state index in [9.17, 15) is 4.79 Å². The Morgan fingerprint density at radius 2 is 2.18 bits per heavy atom. The molecule has 0 aliphatic heterocycles. The number of anilines is 1. The van der Waals surface area contributed by atoms with Crippen molar-refractivity contribution in [1.82, 2.24) is 0 Å². The number of carbonyl (C=O) groups is 1. The summed E-state index contributed by atoms with van der Waals surface area (Å²) in [5.41, 5.74) is 2.14. The number of aromatic carboxylic acids is 1. The minimum absolute atomic E-state index is 0.348. The quantitative estimate of drug-likeness (QED) is 0.732. The van der Waals surface area contributed by atoms with Gasteiger partial charge in [0.15, 0.2) is 0 Å². The minimum atomic E-state index is -0.878. The molecule has 0 amide bonds. The number of thioether (sulfide) groups is 1. The topological polar surface area (TPSA) is 49.3 Å². The molecule has 0 aliphatic rings. The van der Waals surface area contributed by atoms with E-state index < -0.39 is 5.97 Å².